The van der Waals surface area contributed by atoms with Crippen molar-refractivity contribution in [3.63, 3.8) is 0 Å². The Kier molecular flexibility index (Phi) is 4.44. The fourth-order valence-electron chi connectivity index (χ4n) is 2.21. The molecule has 2 rings (SSSR count). The van der Waals surface area contributed by atoms with Crippen LogP contribution in [-0.2, 0) is 17.7 Å². The van der Waals surface area contributed by atoms with Crippen LogP contribution < -0.4 is 4.65 Å². The van der Waals surface area contributed by atoms with Crippen LogP contribution in [0.3, 0.4) is 0 Å². The van der Waals surface area contributed by atoms with Crippen LogP contribution in [0.4, 0.5) is 4.79 Å². The van der Waals surface area contributed by atoms with Crippen LogP contribution in [0.5, 0.6) is 5.75 Å². The molecule has 1 heterocycles. The van der Waals surface area contributed by atoms with Gasteiger partial charge in [0.15, 0.2) is 0 Å². The third-order valence-corrected chi connectivity index (χ3v) is 3.08. The summed E-state index contributed by atoms with van der Waals surface area (Å²) in [7, 11) is -1.85. The number of ether oxygens (including phenoxy) is 1. The third-order valence-electron chi connectivity index (χ3n) is 3.08. The Labute approximate surface area is 124 Å². The molecule has 0 fully saturated rings. The summed E-state index contributed by atoms with van der Waals surface area (Å²) < 4.78 is 10.2. The van der Waals surface area contributed by atoms with Crippen LogP contribution in [-0.4, -0.2) is 40.5 Å². The summed E-state index contributed by atoms with van der Waals surface area (Å²) >= 11 is 0. The van der Waals surface area contributed by atoms with E-state index in [1.165, 1.54) is 0 Å². The largest absolute Gasteiger partial charge is 0.707 e. The number of fused-ring (bicyclic) bond motifs is 1. The molecule has 7 heteroatoms. The maximum atomic E-state index is 12.1. The van der Waals surface area contributed by atoms with E-state index < -0.39 is 12.9 Å². The first-order chi connectivity index (χ1) is 9.74. The Bertz CT molecular complexity index is 527. The van der Waals surface area contributed by atoms with E-state index in [9.17, 15) is 4.79 Å². The van der Waals surface area contributed by atoms with Gasteiger partial charge in [-0.3, -0.25) is 0 Å². The zero-order chi connectivity index (χ0) is 15.6. The standard InChI is InChI=1S/C14H20BNO5/c1-14(2,3)20-13(17)16-7-6-10-4-5-12(21-15(18)19)8-11(10)9-16/h4-5,8,18-19H,6-7,9H2,1-3H3. The number of rotatable bonds is 2. The molecule has 0 bridgehead atoms. The topological polar surface area (TPSA) is 79.2 Å². The van der Waals surface area contributed by atoms with Crippen LogP contribution in [0.1, 0.15) is 31.9 Å². The number of carbonyl (C=O) groups excluding carboxylic acids is 1. The minimum absolute atomic E-state index is 0.346. The number of benzene rings is 1. The average Bonchev–Trinajstić information content (AvgIpc) is 2.35. The number of nitrogens with zero attached hydrogens (tertiary/aromatic N) is 1. The lowest BCUT2D eigenvalue weighted by Crippen LogP contribution is -2.39. The van der Waals surface area contributed by atoms with Crippen LogP contribution in [0.2, 0.25) is 0 Å². The molecule has 21 heavy (non-hydrogen) atoms. The first kappa shape index (κ1) is 15.7. The van der Waals surface area contributed by atoms with Gasteiger partial charge in [0.1, 0.15) is 11.4 Å². The zero-order valence-electron chi connectivity index (χ0n) is 12.5. The quantitative estimate of drug-likeness (QED) is 0.804. The van der Waals surface area contributed by atoms with Crippen molar-refractivity contribution in [2.45, 2.75) is 39.3 Å². The van der Waals surface area contributed by atoms with Crippen molar-refractivity contribution in [3.05, 3.63) is 29.3 Å². The Morgan fingerprint density at radius 3 is 2.62 bits per heavy atom. The molecule has 0 aromatic heterocycles. The van der Waals surface area contributed by atoms with E-state index in [0.717, 1.165) is 17.5 Å². The molecule has 1 aliphatic heterocycles. The molecule has 1 amide bonds. The first-order valence-corrected chi connectivity index (χ1v) is 6.87. The van der Waals surface area contributed by atoms with E-state index in [4.69, 9.17) is 19.4 Å². The van der Waals surface area contributed by atoms with E-state index >= 15 is 0 Å². The maximum absolute atomic E-state index is 12.1. The van der Waals surface area contributed by atoms with E-state index in [2.05, 4.69) is 0 Å². The molecule has 0 unspecified atom stereocenters. The SMILES string of the molecule is CC(C)(C)OC(=O)N1CCc2ccc(OB(O)O)cc2C1. The average molecular weight is 293 g/mol. The minimum atomic E-state index is -1.85. The molecule has 1 aromatic carbocycles. The summed E-state index contributed by atoms with van der Waals surface area (Å²) in [5, 5.41) is 17.7. The maximum Gasteiger partial charge on any atom is 0.707 e. The summed E-state index contributed by atoms with van der Waals surface area (Å²) in [6.45, 7) is 6.51. The highest BCUT2D eigenvalue weighted by atomic mass is 16.6. The predicted molar refractivity (Wildman–Crippen MR) is 77.6 cm³/mol. The molecule has 0 saturated carbocycles. The van der Waals surface area contributed by atoms with Gasteiger partial charge in [0.25, 0.3) is 0 Å². The van der Waals surface area contributed by atoms with Gasteiger partial charge in [0.05, 0.1) is 0 Å². The smallest absolute Gasteiger partial charge is 0.512 e. The lowest BCUT2D eigenvalue weighted by Gasteiger charge is -2.31. The summed E-state index contributed by atoms with van der Waals surface area (Å²) in [6.07, 6.45) is 0.387. The van der Waals surface area contributed by atoms with Crippen molar-refractivity contribution in [2.24, 2.45) is 0 Å². The molecular formula is C14H20BNO5. The van der Waals surface area contributed by atoms with Crippen molar-refractivity contribution in [3.8, 4) is 5.75 Å². The molecule has 1 aromatic rings. The van der Waals surface area contributed by atoms with Crippen LogP contribution in [0.15, 0.2) is 18.2 Å². The van der Waals surface area contributed by atoms with E-state index in [1.54, 1.807) is 17.0 Å². The monoisotopic (exact) mass is 293 g/mol. The van der Waals surface area contributed by atoms with Crippen molar-refractivity contribution in [1.29, 1.82) is 0 Å². The van der Waals surface area contributed by atoms with Crippen LogP contribution in [0.25, 0.3) is 0 Å². The van der Waals surface area contributed by atoms with Gasteiger partial charge in [-0.1, -0.05) is 6.07 Å². The van der Waals surface area contributed by atoms with E-state index in [0.29, 0.717) is 18.8 Å². The fourth-order valence-corrected chi connectivity index (χ4v) is 2.21. The van der Waals surface area contributed by atoms with Gasteiger partial charge >= 0.3 is 13.4 Å². The van der Waals surface area contributed by atoms with Gasteiger partial charge in [-0.15, -0.1) is 0 Å². The second kappa shape index (κ2) is 5.95. The molecule has 0 saturated heterocycles. The van der Waals surface area contributed by atoms with Gasteiger partial charge < -0.3 is 24.3 Å². The Morgan fingerprint density at radius 2 is 2.00 bits per heavy atom. The fraction of sp³-hybridized carbons (Fsp3) is 0.500. The summed E-state index contributed by atoms with van der Waals surface area (Å²) in [5.74, 6) is 0.356. The number of hydrogen-bond donors (Lipinski definition) is 2. The molecule has 1 aliphatic rings. The van der Waals surface area contributed by atoms with Crippen molar-refractivity contribution in [2.75, 3.05) is 6.54 Å². The highest BCUT2D eigenvalue weighted by Gasteiger charge is 2.26. The summed E-state index contributed by atoms with van der Waals surface area (Å²) in [4.78, 5) is 13.7. The van der Waals surface area contributed by atoms with Crippen molar-refractivity contribution < 1.29 is 24.2 Å². The minimum Gasteiger partial charge on any atom is -0.512 e. The van der Waals surface area contributed by atoms with Gasteiger partial charge in [-0.25, -0.2) is 4.79 Å². The third kappa shape index (κ3) is 4.37. The Hall–Kier alpha value is -1.73. The molecule has 2 N–H and O–H groups in total. The van der Waals surface area contributed by atoms with Crippen molar-refractivity contribution in [1.82, 2.24) is 4.90 Å². The van der Waals surface area contributed by atoms with Gasteiger partial charge in [-0.05, 0) is 50.5 Å². The Morgan fingerprint density at radius 1 is 1.29 bits per heavy atom. The molecule has 0 aliphatic carbocycles. The van der Waals surface area contributed by atoms with Crippen molar-refractivity contribution >= 4 is 13.4 Å². The van der Waals surface area contributed by atoms with Crippen LogP contribution in [0, 0.1) is 0 Å². The Balaban J connectivity index is 2.09. The lowest BCUT2D eigenvalue weighted by atomic mass is 9.99. The lowest BCUT2D eigenvalue weighted by molar-refractivity contribution is 0.0223. The molecule has 0 spiro atoms. The zero-order valence-corrected chi connectivity index (χ0v) is 12.5. The molecule has 0 radical (unpaired) electrons. The van der Waals surface area contributed by atoms with E-state index in [-0.39, 0.29) is 6.09 Å². The first-order valence-electron chi connectivity index (χ1n) is 6.87. The highest BCUT2D eigenvalue weighted by molar-refractivity contribution is 6.33. The number of hydrogen-bond acceptors (Lipinski definition) is 5. The number of carbonyl (C=O) groups is 1. The second-order valence-electron chi connectivity index (χ2n) is 6.03. The van der Waals surface area contributed by atoms with Gasteiger partial charge in [0.2, 0.25) is 0 Å². The number of amides is 1. The molecular weight excluding hydrogens is 273 g/mol. The molecule has 114 valence electrons. The van der Waals surface area contributed by atoms with Gasteiger partial charge in [-0.2, -0.15) is 0 Å². The van der Waals surface area contributed by atoms with Gasteiger partial charge in [0, 0.05) is 13.1 Å². The highest BCUT2D eigenvalue weighted by Crippen LogP contribution is 2.25. The van der Waals surface area contributed by atoms with Crippen LogP contribution >= 0.6 is 0 Å². The summed E-state index contributed by atoms with van der Waals surface area (Å²) in [5.41, 5.74) is 1.52. The normalized spacial score (nSPS) is 14.4. The predicted octanol–water partition coefficient (Wildman–Crippen LogP) is 1.33. The summed E-state index contributed by atoms with van der Waals surface area (Å²) in [6, 6.07) is 5.27. The van der Waals surface area contributed by atoms with E-state index in [1.807, 2.05) is 26.8 Å². The molecule has 6 nitrogen and oxygen atoms in total. The second-order valence-corrected chi connectivity index (χ2v) is 6.03. The molecule has 0 atom stereocenters.